The van der Waals surface area contributed by atoms with Gasteiger partial charge in [0.1, 0.15) is 11.6 Å². The second-order valence-corrected chi connectivity index (χ2v) is 4.80. The van der Waals surface area contributed by atoms with Gasteiger partial charge in [0.05, 0.1) is 5.69 Å². The van der Waals surface area contributed by atoms with Crippen LogP contribution in [0.25, 0.3) is 0 Å². The molecule has 1 aliphatic heterocycles. The summed E-state index contributed by atoms with van der Waals surface area (Å²) < 4.78 is 27.0. The Labute approximate surface area is 99.2 Å². The summed E-state index contributed by atoms with van der Waals surface area (Å²) in [5, 5.41) is 0. The second-order valence-electron chi connectivity index (χ2n) is 4.80. The predicted octanol–water partition coefficient (Wildman–Crippen LogP) is 3.07. The number of carbonyl (C=O) groups is 1. The number of benzene rings is 1. The van der Waals surface area contributed by atoms with E-state index in [1.54, 1.807) is 0 Å². The first kappa shape index (κ1) is 12.0. The van der Waals surface area contributed by atoms with Crippen molar-refractivity contribution in [2.75, 3.05) is 11.4 Å². The monoisotopic (exact) mass is 239 g/mol. The maximum absolute atomic E-state index is 13.8. The molecule has 1 aromatic rings. The SMILES string of the molecule is CC(=O)N1CC(C(C)C)c2c(F)cc(F)cc21. The summed E-state index contributed by atoms with van der Waals surface area (Å²) in [4.78, 5) is 12.9. The number of halogens is 2. The van der Waals surface area contributed by atoms with E-state index in [4.69, 9.17) is 0 Å². The fourth-order valence-corrected chi connectivity index (χ4v) is 2.39. The molecular formula is C13H15F2NO. The molecule has 1 unspecified atom stereocenters. The first-order chi connectivity index (χ1) is 7.91. The van der Waals surface area contributed by atoms with E-state index in [0.29, 0.717) is 17.8 Å². The summed E-state index contributed by atoms with van der Waals surface area (Å²) in [6.45, 7) is 5.79. The van der Waals surface area contributed by atoms with E-state index < -0.39 is 11.6 Å². The van der Waals surface area contributed by atoms with Crippen LogP contribution in [0, 0.1) is 17.6 Å². The molecule has 1 atom stereocenters. The number of amides is 1. The van der Waals surface area contributed by atoms with Crippen LogP contribution in [-0.2, 0) is 4.79 Å². The Morgan fingerprint density at radius 2 is 2.06 bits per heavy atom. The van der Waals surface area contributed by atoms with Crippen LogP contribution in [0.1, 0.15) is 32.3 Å². The average Bonchev–Trinajstić information content (AvgIpc) is 2.56. The maximum atomic E-state index is 13.8. The molecule has 1 aromatic carbocycles. The first-order valence-corrected chi connectivity index (χ1v) is 5.69. The van der Waals surface area contributed by atoms with E-state index in [-0.39, 0.29) is 17.7 Å². The van der Waals surface area contributed by atoms with Crippen molar-refractivity contribution in [2.24, 2.45) is 5.92 Å². The Balaban J connectivity index is 2.58. The highest BCUT2D eigenvalue weighted by Gasteiger charge is 2.35. The Morgan fingerprint density at radius 3 is 2.59 bits per heavy atom. The van der Waals surface area contributed by atoms with E-state index in [9.17, 15) is 13.6 Å². The standard InChI is InChI=1S/C13H15F2NO/c1-7(2)10-6-16(8(3)17)12-5-9(14)4-11(15)13(10)12/h4-5,7,10H,6H2,1-3H3. The maximum Gasteiger partial charge on any atom is 0.223 e. The van der Waals surface area contributed by atoms with Gasteiger partial charge in [0.25, 0.3) is 0 Å². The van der Waals surface area contributed by atoms with Gasteiger partial charge in [0.15, 0.2) is 0 Å². The van der Waals surface area contributed by atoms with Gasteiger partial charge >= 0.3 is 0 Å². The van der Waals surface area contributed by atoms with Gasteiger partial charge < -0.3 is 4.90 Å². The molecule has 0 aliphatic carbocycles. The number of fused-ring (bicyclic) bond motifs is 1. The molecule has 0 N–H and O–H groups in total. The highest BCUT2D eigenvalue weighted by Crippen LogP contribution is 2.42. The van der Waals surface area contributed by atoms with Crippen LogP contribution in [0.4, 0.5) is 14.5 Å². The van der Waals surface area contributed by atoms with Gasteiger partial charge in [-0.15, -0.1) is 0 Å². The van der Waals surface area contributed by atoms with Crippen LogP contribution in [-0.4, -0.2) is 12.5 Å². The van der Waals surface area contributed by atoms with Crippen molar-refractivity contribution in [3.05, 3.63) is 29.3 Å². The summed E-state index contributed by atoms with van der Waals surface area (Å²) in [5.74, 6) is -1.23. The highest BCUT2D eigenvalue weighted by molar-refractivity contribution is 5.94. The lowest BCUT2D eigenvalue weighted by molar-refractivity contribution is -0.116. The molecule has 0 saturated carbocycles. The first-order valence-electron chi connectivity index (χ1n) is 5.69. The molecular weight excluding hydrogens is 224 g/mol. The molecule has 0 radical (unpaired) electrons. The van der Waals surface area contributed by atoms with E-state index in [1.165, 1.54) is 17.9 Å². The molecule has 17 heavy (non-hydrogen) atoms. The lowest BCUT2D eigenvalue weighted by Crippen LogP contribution is -2.28. The third-order valence-electron chi connectivity index (χ3n) is 3.30. The smallest absolute Gasteiger partial charge is 0.223 e. The van der Waals surface area contributed by atoms with Crippen LogP contribution in [0.3, 0.4) is 0 Å². The number of anilines is 1. The van der Waals surface area contributed by atoms with Crippen molar-refractivity contribution in [2.45, 2.75) is 26.7 Å². The van der Waals surface area contributed by atoms with Gasteiger partial charge in [-0.1, -0.05) is 13.8 Å². The Morgan fingerprint density at radius 1 is 1.41 bits per heavy atom. The lowest BCUT2D eigenvalue weighted by atomic mass is 9.90. The molecule has 92 valence electrons. The van der Waals surface area contributed by atoms with Gasteiger partial charge in [-0.05, 0) is 12.0 Å². The lowest BCUT2D eigenvalue weighted by Gasteiger charge is -2.17. The molecule has 0 spiro atoms. The van der Waals surface area contributed by atoms with Gasteiger partial charge in [-0.2, -0.15) is 0 Å². The molecule has 1 amide bonds. The number of hydrogen-bond donors (Lipinski definition) is 0. The van der Waals surface area contributed by atoms with Gasteiger partial charge in [-0.25, -0.2) is 8.78 Å². The van der Waals surface area contributed by atoms with Gasteiger partial charge in [0.2, 0.25) is 5.91 Å². The van der Waals surface area contributed by atoms with Crippen LogP contribution >= 0.6 is 0 Å². The van der Waals surface area contributed by atoms with E-state index >= 15 is 0 Å². The molecule has 2 nitrogen and oxygen atoms in total. The minimum Gasteiger partial charge on any atom is -0.312 e. The van der Waals surface area contributed by atoms with Crippen LogP contribution < -0.4 is 4.90 Å². The molecule has 0 fully saturated rings. The normalized spacial score (nSPS) is 18.7. The zero-order chi connectivity index (χ0) is 12.7. The third kappa shape index (κ3) is 1.92. The fourth-order valence-electron chi connectivity index (χ4n) is 2.39. The van der Waals surface area contributed by atoms with Gasteiger partial charge in [0, 0.05) is 31.0 Å². The molecule has 1 aliphatic rings. The van der Waals surface area contributed by atoms with Crippen LogP contribution in [0.5, 0.6) is 0 Å². The molecule has 0 bridgehead atoms. The van der Waals surface area contributed by atoms with Crippen molar-refractivity contribution < 1.29 is 13.6 Å². The van der Waals surface area contributed by atoms with E-state index in [0.717, 1.165) is 6.07 Å². The molecule has 4 heteroatoms. The zero-order valence-electron chi connectivity index (χ0n) is 10.1. The molecule has 0 saturated heterocycles. The number of carbonyl (C=O) groups excluding carboxylic acids is 1. The highest BCUT2D eigenvalue weighted by atomic mass is 19.1. The number of rotatable bonds is 1. The summed E-state index contributed by atoms with van der Waals surface area (Å²) in [6.07, 6.45) is 0. The van der Waals surface area contributed by atoms with Gasteiger partial charge in [-0.3, -0.25) is 4.79 Å². The zero-order valence-corrected chi connectivity index (χ0v) is 10.1. The molecule has 0 aromatic heterocycles. The predicted molar refractivity (Wildman–Crippen MR) is 62.0 cm³/mol. The molecule has 2 rings (SSSR count). The third-order valence-corrected chi connectivity index (χ3v) is 3.30. The van der Waals surface area contributed by atoms with Crippen molar-refractivity contribution in [1.29, 1.82) is 0 Å². The Kier molecular flexibility index (Phi) is 2.89. The summed E-state index contributed by atoms with van der Waals surface area (Å²) in [7, 11) is 0. The molecule has 1 heterocycles. The largest absolute Gasteiger partial charge is 0.312 e. The van der Waals surface area contributed by atoms with Crippen molar-refractivity contribution in [3.63, 3.8) is 0 Å². The van der Waals surface area contributed by atoms with Crippen molar-refractivity contribution in [1.82, 2.24) is 0 Å². The minimum atomic E-state index is -0.642. The van der Waals surface area contributed by atoms with Crippen LogP contribution in [0.15, 0.2) is 12.1 Å². The Hall–Kier alpha value is -1.45. The fraction of sp³-hybridized carbons (Fsp3) is 0.462. The number of nitrogens with zero attached hydrogens (tertiary/aromatic N) is 1. The number of hydrogen-bond acceptors (Lipinski definition) is 1. The van der Waals surface area contributed by atoms with Crippen molar-refractivity contribution in [3.8, 4) is 0 Å². The van der Waals surface area contributed by atoms with E-state index in [2.05, 4.69) is 0 Å². The topological polar surface area (TPSA) is 20.3 Å². The summed E-state index contributed by atoms with van der Waals surface area (Å²) >= 11 is 0. The average molecular weight is 239 g/mol. The van der Waals surface area contributed by atoms with Crippen molar-refractivity contribution >= 4 is 11.6 Å². The van der Waals surface area contributed by atoms with E-state index in [1.807, 2.05) is 13.8 Å². The summed E-state index contributed by atoms with van der Waals surface area (Å²) in [5.41, 5.74) is 0.852. The van der Waals surface area contributed by atoms with Crippen LogP contribution in [0.2, 0.25) is 0 Å². The minimum absolute atomic E-state index is 0.0606. The summed E-state index contributed by atoms with van der Waals surface area (Å²) in [6, 6.07) is 2.13. The quantitative estimate of drug-likeness (QED) is 0.737. The Bertz CT molecular complexity index is 471. The second kappa shape index (κ2) is 4.09.